The Hall–Kier alpha value is -2.71. The molecule has 8 heteroatoms. The molecule has 0 aromatic heterocycles. The van der Waals surface area contributed by atoms with E-state index in [9.17, 15) is 18.0 Å². The molecule has 0 spiro atoms. The number of rotatable bonds is 5. The van der Waals surface area contributed by atoms with Crippen LogP contribution in [-0.4, -0.2) is 44.8 Å². The molecule has 2 aromatic rings. The fourth-order valence-corrected chi connectivity index (χ4v) is 4.87. The number of para-hydroxylation sites is 1. The molecule has 1 fully saturated rings. The molecule has 29 heavy (non-hydrogen) atoms. The Labute approximate surface area is 170 Å². The summed E-state index contributed by atoms with van der Waals surface area (Å²) in [6, 6.07) is 11.0. The van der Waals surface area contributed by atoms with Crippen LogP contribution in [0.25, 0.3) is 0 Å². The van der Waals surface area contributed by atoms with E-state index in [0.29, 0.717) is 24.3 Å². The first-order valence-electron chi connectivity index (χ1n) is 9.44. The molecule has 1 aliphatic heterocycles. The largest absolute Gasteiger partial charge is 0.465 e. The van der Waals surface area contributed by atoms with E-state index in [1.165, 1.54) is 23.5 Å². The number of amides is 1. The predicted molar refractivity (Wildman–Crippen MR) is 110 cm³/mol. The monoisotopic (exact) mass is 416 g/mol. The SMILES string of the molecule is COC(=O)c1ccccc1NC(=O)c1cc(S(=O)(=O)N2CCCCC2)ccc1C. The van der Waals surface area contributed by atoms with Crippen molar-refractivity contribution in [1.29, 1.82) is 0 Å². The second kappa shape index (κ2) is 8.75. The van der Waals surface area contributed by atoms with Gasteiger partial charge in [-0.2, -0.15) is 4.31 Å². The third kappa shape index (κ3) is 4.49. The second-order valence-electron chi connectivity index (χ2n) is 6.93. The third-order valence-electron chi connectivity index (χ3n) is 4.99. The number of sulfonamides is 1. The van der Waals surface area contributed by atoms with Gasteiger partial charge in [0.2, 0.25) is 10.0 Å². The normalized spacial score (nSPS) is 15.0. The molecule has 0 unspecified atom stereocenters. The zero-order valence-electron chi connectivity index (χ0n) is 16.5. The van der Waals surface area contributed by atoms with Crippen LogP contribution in [-0.2, 0) is 14.8 Å². The van der Waals surface area contributed by atoms with Crippen molar-refractivity contribution in [3.05, 3.63) is 59.2 Å². The van der Waals surface area contributed by atoms with Crippen LogP contribution in [0.5, 0.6) is 0 Å². The van der Waals surface area contributed by atoms with E-state index in [0.717, 1.165) is 19.3 Å². The lowest BCUT2D eigenvalue weighted by Crippen LogP contribution is -2.35. The molecular formula is C21H24N2O5S. The number of ether oxygens (including phenoxy) is 1. The average molecular weight is 416 g/mol. The number of hydrogen-bond donors (Lipinski definition) is 1. The maximum Gasteiger partial charge on any atom is 0.339 e. The van der Waals surface area contributed by atoms with E-state index in [1.54, 1.807) is 37.3 Å². The summed E-state index contributed by atoms with van der Waals surface area (Å²) in [6.45, 7) is 2.72. The fourth-order valence-electron chi connectivity index (χ4n) is 3.33. The summed E-state index contributed by atoms with van der Waals surface area (Å²) in [5.74, 6) is -1.06. The summed E-state index contributed by atoms with van der Waals surface area (Å²) in [6.07, 6.45) is 2.69. The van der Waals surface area contributed by atoms with E-state index in [2.05, 4.69) is 5.32 Å². The van der Waals surface area contributed by atoms with Gasteiger partial charge in [0.25, 0.3) is 5.91 Å². The van der Waals surface area contributed by atoms with Crippen LogP contribution in [0, 0.1) is 6.92 Å². The molecule has 0 aliphatic carbocycles. The van der Waals surface area contributed by atoms with Crippen molar-refractivity contribution in [1.82, 2.24) is 4.31 Å². The van der Waals surface area contributed by atoms with E-state index in [4.69, 9.17) is 4.74 Å². The Morgan fingerprint density at radius 1 is 1.00 bits per heavy atom. The Bertz CT molecular complexity index is 1030. The Kier molecular flexibility index (Phi) is 6.34. The van der Waals surface area contributed by atoms with Crippen molar-refractivity contribution in [2.75, 3.05) is 25.5 Å². The number of hydrogen-bond acceptors (Lipinski definition) is 5. The molecule has 1 heterocycles. The van der Waals surface area contributed by atoms with Gasteiger partial charge in [-0.05, 0) is 49.6 Å². The van der Waals surface area contributed by atoms with Gasteiger partial charge in [-0.1, -0.05) is 24.6 Å². The Morgan fingerprint density at radius 3 is 2.38 bits per heavy atom. The second-order valence-corrected chi connectivity index (χ2v) is 8.87. The van der Waals surface area contributed by atoms with Crippen LogP contribution >= 0.6 is 0 Å². The molecule has 0 radical (unpaired) electrons. The van der Waals surface area contributed by atoms with E-state index < -0.39 is 21.9 Å². The minimum atomic E-state index is -3.65. The van der Waals surface area contributed by atoms with Gasteiger partial charge in [0.05, 0.1) is 23.3 Å². The molecule has 2 aromatic carbocycles. The summed E-state index contributed by atoms with van der Waals surface area (Å²) in [7, 11) is -2.39. The highest BCUT2D eigenvalue weighted by Crippen LogP contribution is 2.24. The number of carbonyl (C=O) groups excluding carboxylic acids is 2. The van der Waals surface area contributed by atoms with Crippen LogP contribution in [0.4, 0.5) is 5.69 Å². The predicted octanol–water partition coefficient (Wildman–Crippen LogP) is 3.21. The highest BCUT2D eigenvalue weighted by Gasteiger charge is 2.27. The van der Waals surface area contributed by atoms with Crippen molar-refractivity contribution in [2.45, 2.75) is 31.1 Å². The van der Waals surface area contributed by atoms with Crippen LogP contribution in [0.1, 0.15) is 45.5 Å². The lowest BCUT2D eigenvalue weighted by molar-refractivity contribution is 0.0602. The molecule has 0 saturated carbocycles. The first-order valence-corrected chi connectivity index (χ1v) is 10.9. The third-order valence-corrected chi connectivity index (χ3v) is 6.88. The maximum absolute atomic E-state index is 12.9. The number of nitrogens with zero attached hydrogens (tertiary/aromatic N) is 1. The van der Waals surface area contributed by atoms with Crippen molar-refractivity contribution >= 4 is 27.6 Å². The molecule has 0 bridgehead atoms. The summed E-state index contributed by atoms with van der Waals surface area (Å²) < 4.78 is 32.1. The first-order chi connectivity index (χ1) is 13.8. The summed E-state index contributed by atoms with van der Waals surface area (Å²) in [4.78, 5) is 24.9. The Morgan fingerprint density at radius 2 is 1.69 bits per heavy atom. The first kappa shape index (κ1) is 21.0. The molecule has 1 N–H and O–H groups in total. The van der Waals surface area contributed by atoms with E-state index >= 15 is 0 Å². The number of methoxy groups -OCH3 is 1. The highest BCUT2D eigenvalue weighted by atomic mass is 32.2. The maximum atomic E-state index is 12.9. The van der Waals surface area contributed by atoms with Crippen LogP contribution < -0.4 is 5.32 Å². The van der Waals surface area contributed by atoms with Crippen LogP contribution in [0.3, 0.4) is 0 Å². The molecule has 0 atom stereocenters. The van der Waals surface area contributed by atoms with Gasteiger partial charge in [0.1, 0.15) is 0 Å². The lowest BCUT2D eigenvalue weighted by Gasteiger charge is -2.26. The van der Waals surface area contributed by atoms with Crippen LogP contribution in [0.2, 0.25) is 0 Å². The standard InChI is InChI=1S/C21H24N2O5S/c1-15-10-11-16(29(26,27)23-12-6-3-7-13-23)14-18(15)20(24)22-19-9-5-4-8-17(19)21(25)28-2/h4-5,8-11,14H,3,6-7,12-13H2,1-2H3,(H,22,24). The number of carbonyl (C=O) groups is 2. The molecule has 1 amide bonds. The molecular weight excluding hydrogens is 392 g/mol. The number of benzene rings is 2. The van der Waals surface area contributed by atoms with E-state index in [1.807, 2.05) is 0 Å². The number of piperidine rings is 1. The lowest BCUT2D eigenvalue weighted by atomic mass is 10.1. The molecule has 1 saturated heterocycles. The van der Waals surface area contributed by atoms with Gasteiger partial charge in [-0.25, -0.2) is 13.2 Å². The summed E-state index contributed by atoms with van der Waals surface area (Å²) in [5, 5.41) is 2.69. The molecule has 1 aliphatic rings. The zero-order chi connectivity index (χ0) is 21.0. The zero-order valence-corrected chi connectivity index (χ0v) is 17.3. The summed E-state index contributed by atoms with van der Waals surface area (Å²) in [5.41, 5.74) is 1.39. The average Bonchev–Trinajstić information content (AvgIpc) is 2.74. The minimum Gasteiger partial charge on any atom is -0.465 e. The topological polar surface area (TPSA) is 92.8 Å². The van der Waals surface area contributed by atoms with Gasteiger partial charge in [0.15, 0.2) is 0 Å². The highest BCUT2D eigenvalue weighted by molar-refractivity contribution is 7.89. The smallest absolute Gasteiger partial charge is 0.339 e. The number of aryl methyl sites for hydroxylation is 1. The van der Waals surface area contributed by atoms with Gasteiger partial charge >= 0.3 is 5.97 Å². The van der Waals surface area contributed by atoms with Gasteiger partial charge in [-0.3, -0.25) is 4.79 Å². The molecule has 7 nitrogen and oxygen atoms in total. The molecule has 3 rings (SSSR count). The van der Waals surface area contributed by atoms with Crippen molar-refractivity contribution < 1.29 is 22.7 Å². The van der Waals surface area contributed by atoms with Gasteiger partial charge in [-0.15, -0.1) is 0 Å². The van der Waals surface area contributed by atoms with Crippen LogP contribution in [0.15, 0.2) is 47.4 Å². The number of nitrogens with one attached hydrogen (secondary N) is 1. The van der Waals surface area contributed by atoms with E-state index in [-0.39, 0.29) is 16.0 Å². The molecule has 154 valence electrons. The van der Waals surface area contributed by atoms with Crippen molar-refractivity contribution in [3.63, 3.8) is 0 Å². The summed E-state index contributed by atoms with van der Waals surface area (Å²) >= 11 is 0. The Balaban J connectivity index is 1.91. The number of anilines is 1. The minimum absolute atomic E-state index is 0.0939. The fraction of sp³-hybridized carbons (Fsp3) is 0.333. The van der Waals surface area contributed by atoms with Gasteiger partial charge < -0.3 is 10.1 Å². The van der Waals surface area contributed by atoms with Crippen molar-refractivity contribution in [2.24, 2.45) is 0 Å². The van der Waals surface area contributed by atoms with Gasteiger partial charge in [0, 0.05) is 18.7 Å². The number of esters is 1. The quantitative estimate of drug-likeness (QED) is 0.756. The van der Waals surface area contributed by atoms with Crippen molar-refractivity contribution in [3.8, 4) is 0 Å².